The van der Waals surface area contributed by atoms with E-state index in [2.05, 4.69) is 0 Å². The maximum atomic E-state index is 13.4. The molecule has 0 saturated heterocycles. The number of nitrogens with zero attached hydrogens (tertiary/aromatic N) is 1. The van der Waals surface area contributed by atoms with Gasteiger partial charge in [-0.2, -0.15) is 0 Å². The second-order valence-electron chi connectivity index (χ2n) is 7.19. The maximum Gasteiger partial charge on any atom is 0.311 e. The zero-order valence-electron chi connectivity index (χ0n) is 17.0. The number of aryl methyl sites for hydroxylation is 1. The lowest BCUT2D eigenvalue weighted by atomic mass is 9.92. The van der Waals surface area contributed by atoms with Crippen molar-refractivity contribution in [3.8, 4) is 5.75 Å². The van der Waals surface area contributed by atoms with Gasteiger partial charge in [0.2, 0.25) is 0 Å². The zero-order valence-corrected chi connectivity index (χ0v) is 17.7. The highest BCUT2D eigenvalue weighted by atomic mass is 35.5. The summed E-state index contributed by atoms with van der Waals surface area (Å²) in [6.07, 6.45) is 1.18. The fraction of sp³-hybridized carbons (Fsp3) is 0.304. The summed E-state index contributed by atoms with van der Waals surface area (Å²) in [6, 6.07) is 10.7. The molecule has 1 atom stereocenters. The standard InChI is InChI=1S/C23H24ClNO4/c1-5-6-16(23(27)28)21-14(3)25(22(26)15-9-7-13(2)8-10-15)19-12-18(24)20(29-4)11-17(19)21/h7-12,16H,5-6H2,1-4H3,(H,27,28). The van der Waals surface area contributed by atoms with Crippen LogP contribution in [0.3, 0.4) is 0 Å². The van der Waals surface area contributed by atoms with Crippen LogP contribution in [0.4, 0.5) is 0 Å². The minimum Gasteiger partial charge on any atom is -0.495 e. The molecule has 152 valence electrons. The molecule has 6 heteroatoms. The lowest BCUT2D eigenvalue weighted by Gasteiger charge is -2.13. The first-order valence-corrected chi connectivity index (χ1v) is 9.90. The second-order valence-corrected chi connectivity index (χ2v) is 7.60. The Kier molecular flexibility index (Phi) is 5.99. The minimum absolute atomic E-state index is 0.222. The van der Waals surface area contributed by atoms with Gasteiger partial charge in [0.1, 0.15) is 5.75 Å². The summed E-state index contributed by atoms with van der Waals surface area (Å²) in [5.74, 6) is -1.41. The number of benzene rings is 2. The Balaban J connectivity index is 2.33. The van der Waals surface area contributed by atoms with Gasteiger partial charge in [-0.25, -0.2) is 0 Å². The van der Waals surface area contributed by atoms with Crippen molar-refractivity contribution in [3.63, 3.8) is 0 Å². The number of carbonyl (C=O) groups excluding carboxylic acids is 1. The van der Waals surface area contributed by atoms with E-state index in [1.165, 1.54) is 7.11 Å². The molecule has 5 nitrogen and oxygen atoms in total. The van der Waals surface area contributed by atoms with Crippen molar-refractivity contribution in [2.75, 3.05) is 7.11 Å². The van der Waals surface area contributed by atoms with E-state index < -0.39 is 11.9 Å². The number of halogens is 1. The smallest absolute Gasteiger partial charge is 0.311 e. The van der Waals surface area contributed by atoms with Crippen LogP contribution < -0.4 is 4.74 Å². The van der Waals surface area contributed by atoms with Gasteiger partial charge >= 0.3 is 5.97 Å². The number of methoxy groups -OCH3 is 1. The molecule has 1 aromatic heterocycles. The van der Waals surface area contributed by atoms with Crippen LogP contribution in [-0.4, -0.2) is 28.7 Å². The summed E-state index contributed by atoms with van der Waals surface area (Å²) in [7, 11) is 1.51. The van der Waals surface area contributed by atoms with Crippen molar-refractivity contribution in [1.82, 2.24) is 4.57 Å². The average Bonchev–Trinajstić information content (AvgIpc) is 2.95. The van der Waals surface area contributed by atoms with Crippen molar-refractivity contribution < 1.29 is 19.4 Å². The molecule has 1 unspecified atom stereocenters. The van der Waals surface area contributed by atoms with Gasteiger partial charge in [-0.05, 0) is 50.1 Å². The molecule has 0 aliphatic rings. The number of ether oxygens (including phenoxy) is 1. The SMILES string of the molecule is CCCC(C(=O)O)c1c(C)n(C(=O)c2ccc(C)cc2)c2cc(Cl)c(OC)cc12. The predicted octanol–water partition coefficient (Wildman–Crippen LogP) is 5.58. The van der Waals surface area contributed by atoms with Crippen molar-refractivity contribution in [3.05, 3.63) is 63.8 Å². The summed E-state index contributed by atoms with van der Waals surface area (Å²) in [4.78, 5) is 25.4. The molecule has 0 radical (unpaired) electrons. The number of rotatable bonds is 6. The first kappa shape index (κ1) is 20.9. The van der Waals surface area contributed by atoms with Crippen molar-refractivity contribution in [2.24, 2.45) is 0 Å². The van der Waals surface area contributed by atoms with Crippen LogP contribution in [0.1, 0.15) is 52.9 Å². The predicted molar refractivity (Wildman–Crippen MR) is 114 cm³/mol. The largest absolute Gasteiger partial charge is 0.495 e. The van der Waals surface area contributed by atoms with E-state index in [-0.39, 0.29) is 5.91 Å². The third-order valence-corrected chi connectivity index (χ3v) is 5.55. The topological polar surface area (TPSA) is 68.5 Å². The first-order valence-electron chi connectivity index (χ1n) is 9.52. The molecule has 3 aromatic rings. The molecule has 0 aliphatic heterocycles. The van der Waals surface area contributed by atoms with Gasteiger partial charge in [0.15, 0.2) is 0 Å². The fourth-order valence-corrected chi connectivity index (χ4v) is 4.04. The van der Waals surface area contributed by atoms with Crippen LogP contribution in [-0.2, 0) is 4.79 Å². The van der Waals surface area contributed by atoms with E-state index in [1.807, 2.05) is 26.0 Å². The number of aromatic nitrogens is 1. The van der Waals surface area contributed by atoms with Gasteiger partial charge in [0.25, 0.3) is 5.91 Å². The molecule has 0 amide bonds. The molecule has 1 heterocycles. The monoisotopic (exact) mass is 413 g/mol. The van der Waals surface area contributed by atoms with E-state index >= 15 is 0 Å². The summed E-state index contributed by atoms with van der Waals surface area (Å²) in [5, 5.41) is 10.9. The normalized spacial score (nSPS) is 12.2. The van der Waals surface area contributed by atoms with E-state index in [1.54, 1.807) is 35.8 Å². The molecule has 0 fully saturated rings. The van der Waals surface area contributed by atoms with E-state index in [0.717, 1.165) is 5.56 Å². The number of hydrogen-bond acceptors (Lipinski definition) is 3. The summed E-state index contributed by atoms with van der Waals surface area (Å²) in [5.41, 5.74) is 3.39. The number of carboxylic acid groups (broad SMARTS) is 1. The molecule has 0 saturated carbocycles. The molecule has 2 aromatic carbocycles. The average molecular weight is 414 g/mol. The maximum absolute atomic E-state index is 13.4. The van der Waals surface area contributed by atoms with Gasteiger partial charge in [0, 0.05) is 16.6 Å². The van der Waals surface area contributed by atoms with Gasteiger partial charge in [0.05, 0.1) is 23.6 Å². The Morgan fingerprint density at radius 2 is 1.83 bits per heavy atom. The van der Waals surface area contributed by atoms with Crippen molar-refractivity contribution in [1.29, 1.82) is 0 Å². The van der Waals surface area contributed by atoms with Crippen LogP contribution in [0.5, 0.6) is 5.75 Å². The third-order valence-electron chi connectivity index (χ3n) is 5.25. The lowest BCUT2D eigenvalue weighted by Crippen LogP contribution is -2.16. The van der Waals surface area contributed by atoms with Crippen LogP contribution in [0.2, 0.25) is 5.02 Å². The molecular weight excluding hydrogens is 390 g/mol. The molecule has 29 heavy (non-hydrogen) atoms. The Hall–Kier alpha value is -2.79. The van der Waals surface area contributed by atoms with Gasteiger partial charge in [-0.1, -0.05) is 42.6 Å². The summed E-state index contributed by atoms with van der Waals surface area (Å²) < 4.78 is 6.90. The minimum atomic E-state index is -0.911. The Bertz CT molecular complexity index is 1080. The highest BCUT2D eigenvalue weighted by molar-refractivity contribution is 6.33. The third kappa shape index (κ3) is 3.75. The molecule has 3 rings (SSSR count). The fourth-order valence-electron chi connectivity index (χ4n) is 3.80. The Labute approximate surface area is 174 Å². The number of carbonyl (C=O) groups is 2. The summed E-state index contributed by atoms with van der Waals surface area (Å²) >= 11 is 6.35. The van der Waals surface area contributed by atoms with Crippen LogP contribution >= 0.6 is 11.6 Å². The number of hydrogen-bond donors (Lipinski definition) is 1. The lowest BCUT2D eigenvalue weighted by molar-refractivity contribution is -0.139. The number of fused-ring (bicyclic) bond motifs is 1. The van der Waals surface area contributed by atoms with Crippen molar-refractivity contribution >= 4 is 34.4 Å². The first-order chi connectivity index (χ1) is 13.8. The molecule has 1 N–H and O–H groups in total. The van der Waals surface area contributed by atoms with Crippen LogP contribution in [0, 0.1) is 13.8 Å². The highest BCUT2D eigenvalue weighted by Crippen LogP contribution is 2.39. The van der Waals surface area contributed by atoms with E-state index in [9.17, 15) is 14.7 Å². The molecular formula is C23H24ClNO4. The van der Waals surface area contributed by atoms with Crippen LogP contribution in [0.25, 0.3) is 10.9 Å². The number of carboxylic acids is 1. The number of aliphatic carboxylic acids is 1. The van der Waals surface area contributed by atoms with Crippen LogP contribution in [0.15, 0.2) is 36.4 Å². The van der Waals surface area contributed by atoms with E-state index in [0.29, 0.717) is 51.3 Å². The zero-order chi connectivity index (χ0) is 21.3. The quantitative estimate of drug-likeness (QED) is 0.573. The van der Waals surface area contributed by atoms with E-state index in [4.69, 9.17) is 16.3 Å². The van der Waals surface area contributed by atoms with Gasteiger partial charge in [-0.15, -0.1) is 0 Å². The van der Waals surface area contributed by atoms with Crippen molar-refractivity contribution in [2.45, 2.75) is 39.5 Å². The van der Waals surface area contributed by atoms with Gasteiger partial charge in [-0.3, -0.25) is 14.2 Å². The second kappa shape index (κ2) is 8.29. The molecule has 0 spiro atoms. The molecule has 0 aliphatic carbocycles. The Morgan fingerprint density at radius 3 is 2.38 bits per heavy atom. The molecule has 0 bridgehead atoms. The Morgan fingerprint density at radius 1 is 1.17 bits per heavy atom. The summed E-state index contributed by atoms with van der Waals surface area (Å²) in [6.45, 7) is 5.68. The van der Waals surface area contributed by atoms with Gasteiger partial charge < -0.3 is 9.84 Å². The highest BCUT2D eigenvalue weighted by Gasteiger charge is 2.29.